The number of halogens is 7. The van der Waals surface area contributed by atoms with Crippen LogP contribution in [-0.2, 0) is 27.2 Å². The number of hydrogen-bond donors (Lipinski definition) is 1. The molecule has 0 spiro atoms. The Kier molecular flexibility index (Phi) is 7.16. The largest absolute Gasteiger partial charge is 0.416 e. The number of sulfonamides is 1. The fourth-order valence-corrected chi connectivity index (χ4v) is 5.12. The van der Waals surface area contributed by atoms with Crippen LogP contribution in [0.4, 0.5) is 32.0 Å². The van der Waals surface area contributed by atoms with E-state index in [1.54, 1.807) is 12.1 Å². The summed E-state index contributed by atoms with van der Waals surface area (Å²) >= 11 is 3.21. The first-order valence-corrected chi connectivity index (χ1v) is 11.8. The van der Waals surface area contributed by atoms with Crippen LogP contribution < -0.4 is 5.32 Å². The van der Waals surface area contributed by atoms with Gasteiger partial charge in [0.2, 0.25) is 15.9 Å². The highest BCUT2D eigenvalue weighted by Gasteiger charge is 2.38. The predicted molar refractivity (Wildman–Crippen MR) is 111 cm³/mol. The highest BCUT2D eigenvalue weighted by Crippen LogP contribution is 2.38. The first-order valence-electron chi connectivity index (χ1n) is 9.54. The van der Waals surface area contributed by atoms with Gasteiger partial charge in [-0.05, 0) is 55.3 Å². The Morgan fingerprint density at radius 1 is 0.909 bits per heavy atom. The van der Waals surface area contributed by atoms with Gasteiger partial charge < -0.3 is 5.32 Å². The summed E-state index contributed by atoms with van der Waals surface area (Å²) in [6.45, 7) is -0.0419. The number of anilines is 1. The molecule has 2 aromatic rings. The van der Waals surface area contributed by atoms with Crippen molar-refractivity contribution < 1.29 is 39.6 Å². The summed E-state index contributed by atoms with van der Waals surface area (Å²) in [6.07, 6.45) is -9.94. The van der Waals surface area contributed by atoms with E-state index in [2.05, 4.69) is 21.2 Å². The minimum absolute atomic E-state index is 0.0210. The predicted octanol–water partition coefficient (Wildman–Crippen LogP) is 5.53. The van der Waals surface area contributed by atoms with Crippen molar-refractivity contribution in [3.05, 3.63) is 58.1 Å². The van der Waals surface area contributed by atoms with E-state index in [1.165, 1.54) is 16.4 Å². The Hall–Kier alpha value is -2.12. The van der Waals surface area contributed by atoms with E-state index in [-0.39, 0.29) is 36.9 Å². The molecule has 13 heteroatoms. The normalized spacial score (nSPS) is 16.6. The van der Waals surface area contributed by atoms with E-state index in [4.69, 9.17) is 0 Å². The van der Waals surface area contributed by atoms with Crippen molar-refractivity contribution in [2.45, 2.75) is 30.1 Å². The van der Waals surface area contributed by atoms with Gasteiger partial charge in [-0.1, -0.05) is 15.9 Å². The van der Waals surface area contributed by atoms with Gasteiger partial charge in [-0.2, -0.15) is 30.6 Å². The Morgan fingerprint density at radius 2 is 1.39 bits per heavy atom. The molecule has 1 heterocycles. The summed E-state index contributed by atoms with van der Waals surface area (Å²) < 4.78 is 105. The van der Waals surface area contributed by atoms with Crippen molar-refractivity contribution in [2.24, 2.45) is 5.92 Å². The fraction of sp³-hybridized carbons (Fsp3) is 0.350. The summed E-state index contributed by atoms with van der Waals surface area (Å²) in [5.41, 5.74) is -3.71. The molecule has 1 fully saturated rings. The number of amides is 1. The minimum Gasteiger partial charge on any atom is -0.326 e. The van der Waals surface area contributed by atoms with E-state index in [0.29, 0.717) is 16.6 Å². The second-order valence-corrected chi connectivity index (χ2v) is 10.3. The topological polar surface area (TPSA) is 66.5 Å². The molecule has 0 aliphatic carbocycles. The number of carbonyl (C=O) groups is 1. The van der Waals surface area contributed by atoms with Gasteiger partial charge in [0.15, 0.2) is 0 Å². The molecule has 33 heavy (non-hydrogen) atoms. The van der Waals surface area contributed by atoms with Crippen LogP contribution in [0.2, 0.25) is 0 Å². The molecule has 0 saturated carbocycles. The molecular weight excluding hydrogens is 542 g/mol. The lowest BCUT2D eigenvalue weighted by Gasteiger charge is -2.30. The van der Waals surface area contributed by atoms with Gasteiger partial charge in [-0.25, -0.2) is 8.42 Å². The van der Waals surface area contributed by atoms with Crippen LogP contribution in [0, 0.1) is 5.92 Å². The second-order valence-electron chi connectivity index (χ2n) is 7.42. The zero-order valence-corrected chi connectivity index (χ0v) is 19.1. The SMILES string of the molecule is O=C(Nc1cc(C(F)(F)F)cc(C(F)(F)F)c1)C1CCN(S(=O)(=O)c2ccc(Br)cc2)CC1. The zero-order chi connectivity index (χ0) is 24.6. The maximum absolute atomic E-state index is 13.0. The average Bonchev–Trinajstić information content (AvgIpc) is 2.72. The van der Waals surface area contributed by atoms with E-state index in [0.717, 1.165) is 0 Å². The lowest BCUT2D eigenvalue weighted by molar-refractivity contribution is -0.143. The number of hydrogen-bond acceptors (Lipinski definition) is 3. The summed E-state index contributed by atoms with van der Waals surface area (Å²) in [5, 5.41) is 2.12. The van der Waals surface area contributed by atoms with Crippen molar-refractivity contribution in [3.63, 3.8) is 0 Å². The summed E-state index contributed by atoms with van der Waals surface area (Å²) in [4.78, 5) is 12.6. The Morgan fingerprint density at radius 3 is 1.85 bits per heavy atom. The molecule has 1 aliphatic heterocycles. The molecule has 1 amide bonds. The summed E-state index contributed by atoms with van der Waals surface area (Å²) in [6, 6.07) is 6.81. The quantitative estimate of drug-likeness (QED) is 0.502. The third kappa shape index (κ3) is 6.07. The first kappa shape index (κ1) is 25.5. The Balaban J connectivity index is 1.71. The second kappa shape index (κ2) is 9.26. The van der Waals surface area contributed by atoms with E-state index >= 15 is 0 Å². The van der Waals surface area contributed by atoms with Crippen LogP contribution >= 0.6 is 15.9 Å². The van der Waals surface area contributed by atoms with Gasteiger partial charge in [-0.3, -0.25) is 4.79 Å². The smallest absolute Gasteiger partial charge is 0.326 e. The molecule has 1 saturated heterocycles. The third-order valence-corrected chi connectivity index (χ3v) is 7.57. The van der Waals surface area contributed by atoms with Crippen LogP contribution in [-0.4, -0.2) is 31.7 Å². The van der Waals surface area contributed by atoms with Crippen molar-refractivity contribution in [3.8, 4) is 0 Å². The lowest BCUT2D eigenvalue weighted by atomic mass is 9.97. The summed E-state index contributed by atoms with van der Waals surface area (Å²) in [5.74, 6) is -1.55. The van der Waals surface area contributed by atoms with Gasteiger partial charge in [0.05, 0.1) is 16.0 Å². The van der Waals surface area contributed by atoms with Gasteiger partial charge in [0.25, 0.3) is 0 Å². The van der Waals surface area contributed by atoms with Crippen molar-refractivity contribution in [1.82, 2.24) is 4.31 Å². The van der Waals surface area contributed by atoms with Crippen LogP contribution in [0.5, 0.6) is 0 Å². The molecule has 0 atom stereocenters. The monoisotopic (exact) mass is 558 g/mol. The minimum atomic E-state index is -5.03. The molecule has 0 bridgehead atoms. The van der Waals surface area contributed by atoms with Crippen LogP contribution in [0.3, 0.4) is 0 Å². The zero-order valence-electron chi connectivity index (χ0n) is 16.7. The Bertz CT molecular complexity index is 1090. The number of carbonyl (C=O) groups excluding carboxylic acids is 1. The maximum atomic E-state index is 13.0. The third-order valence-electron chi connectivity index (χ3n) is 5.13. The number of rotatable bonds is 4. The number of nitrogens with zero attached hydrogens (tertiary/aromatic N) is 1. The van der Waals surface area contributed by atoms with Crippen molar-refractivity contribution >= 4 is 37.5 Å². The fourth-order valence-electron chi connectivity index (χ4n) is 3.39. The standard InChI is InChI=1S/C20H17BrF6N2O3S/c21-15-1-3-17(4-2-15)33(31,32)29-7-5-12(6-8-29)18(30)28-16-10-13(19(22,23)24)9-14(11-16)20(25,26)27/h1-4,9-12H,5-8H2,(H,28,30). The van der Waals surface area contributed by atoms with Gasteiger partial charge >= 0.3 is 12.4 Å². The molecule has 1 N–H and O–H groups in total. The van der Waals surface area contributed by atoms with Crippen LogP contribution in [0.25, 0.3) is 0 Å². The van der Waals surface area contributed by atoms with E-state index in [1.807, 2.05) is 0 Å². The van der Waals surface area contributed by atoms with Gasteiger partial charge in [-0.15, -0.1) is 0 Å². The molecule has 0 aromatic heterocycles. The molecule has 0 unspecified atom stereocenters. The molecule has 1 aliphatic rings. The highest BCUT2D eigenvalue weighted by molar-refractivity contribution is 9.10. The number of piperidine rings is 1. The van der Waals surface area contributed by atoms with E-state index in [9.17, 15) is 39.6 Å². The molecule has 5 nitrogen and oxygen atoms in total. The van der Waals surface area contributed by atoms with Gasteiger partial charge in [0, 0.05) is 29.2 Å². The molecule has 180 valence electrons. The molecule has 0 radical (unpaired) electrons. The summed E-state index contributed by atoms with van der Waals surface area (Å²) in [7, 11) is -3.80. The molecule has 2 aromatic carbocycles. The van der Waals surface area contributed by atoms with Crippen LogP contribution in [0.1, 0.15) is 24.0 Å². The lowest BCUT2D eigenvalue weighted by Crippen LogP contribution is -2.41. The maximum Gasteiger partial charge on any atom is 0.416 e. The average molecular weight is 559 g/mol. The highest BCUT2D eigenvalue weighted by atomic mass is 79.9. The van der Waals surface area contributed by atoms with Crippen molar-refractivity contribution in [1.29, 1.82) is 0 Å². The van der Waals surface area contributed by atoms with Gasteiger partial charge in [0.1, 0.15) is 0 Å². The van der Waals surface area contributed by atoms with Crippen LogP contribution in [0.15, 0.2) is 51.8 Å². The Labute approximate surface area is 193 Å². The number of alkyl halides is 6. The number of nitrogens with one attached hydrogen (secondary N) is 1. The van der Waals surface area contributed by atoms with E-state index < -0.39 is 51.0 Å². The molecule has 3 rings (SSSR count). The molecular formula is C20H17BrF6N2O3S. The van der Waals surface area contributed by atoms with Crippen molar-refractivity contribution in [2.75, 3.05) is 18.4 Å². The first-order chi connectivity index (χ1) is 15.2. The number of benzene rings is 2.